The molecule has 5 nitrogen and oxygen atoms in total. The summed E-state index contributed by atoms with van der Waals surface area (Å²) >= 11 is 0. The second kappa shape index (κ2) is 7.18. The molecular formula is C13H21NO4. The molecule has 0 saturated heterocycles. The van der Waals surface area contributed by atoms with Crippen LogP contribution in [-0.2, 0) is 6.54 Å². The third-order valence-electron chi connectivity index (χ3n) is 3.12. The molecule has 0 bridgehead atoms. The lowest BCUT2D eigenvalue weighted by Crippen LogP contribution is -2.32. The van der Waals surface area contributed by atoms with Crippen molar-refractivity contribution in [3.8, 4) is 0 Å². The highest BCUT2D eigenvalue weighted by atomic mass is 16.4. The van der Waals surface area contributed by atoms with Gasteiger partial charge in [0, 0.05) is 6.54 Å². The Balaban J connectivity index is 2.34. The van der Waals surface area contributed by atoms with Crippen LogP contribution >= 0.6 is 0 Å². The Hall–Kier alpha value is -1.33. The molecule has 0 amide bonds. The van der Waals surface area contributed by atoms with Crippen molar-refractivity contribution in [3.05, 3.63) is 23.7 Å². The molecule has 0 fully saturated rings. The molecule has 0 aliphatic heterocycles. The second-order valence-electron chi connectivity index (χ2n) is 4.35. The van der Waals surface area contributed by atoms with Gasteiger partial charge < -0.3 is 19.9 Å². The number of aliphatic hydroxyl groups is 1. The summed E-state index contributed by atoms with van der Waals surface area (Å²) in [5.41, 5.74) is 0. The van der Waals surface area contributed by atoms with Crippen molar-refractivity contribution in [2.24, 2.45) is 5.92 Å². The normalized spacial score (nSPS) is 12.9. The molecule has 0 radical (unpaired) electrons. The molecule has 1 rings (SSSR count). The van der Waals surface area contributed by atoms with Gasteiger partial charge in [-0.05, 0) is 18.1 Å². The first-order chi connectivity index (χ1) is 8.58. The van der Waals surface area contributed by atoms with E-state index < -0.39 is 5.97 Å². The first-order valence-corrected chi connectivity index (χ1v) is 6.29. The van der Waals surface area contributed by atoms with Crippen molar-refractivity contribution in [1.29, 1.82) is 0 Å². The van der Waals surface area contributed by atoms with Crippen LogP contribution in [0.3, 0.4) is 0 Å². The summed E-state index contributed by atoms with van der Waals surface area (Å²) in [4.78, 5) is 10.6. The van der Waals surface area contributed by atoms with Gasteiger partial charge >= 0.3 is 5.97 Å². The highest BCUT2D eigenvalue weighted by molar-refractivity contribution is 5.84. The fourth-order valence-electron chi connectivity index (χ4n) is 1.93. The average molecular weight is 255 g/mol. The topological polar surface area (TPSA) is 82.7 Å². The Bertz CT molecular complexity index is 371. The molecule has 1 atom stereocenters. The van der Waals surface area contributed by atoms with Crippen molar-refractivity contribution in [3.63, 3.8) is 0 Å². The monoisotopic (exact) mass is 255 g/mol. The van der Waals surface area contributed by atoms with E-state index in [9.17, 15) is 9.90 Å². The second-order valence-corrected chi connectivity index (χ2v) is 4.35. The summed E-state index contributed by atoms with van der Waals surface area (Å²) in [6.45, 7) is 5.02. The highest BCUT2D eigenvalue weighted by Crippen LogP contribution is 2.12. The van der Waals surface area contributed by atoms with E-state index in [2.05, 4.69) is 19.2 Å². The summed E-state index contributed by atoms with van der Waals surface area (Å²) in [7, 11) is 0. The standard InChI is InChI=1S/C13H21NO4/c1-3-9(4-2)11(15)8-14-7-10-5-6-12(18-10)13(16)17/h5-6,9,11,14-15H,3-4,7-8H2,1-2H3,(H,16,17). The third kappa shape index (κ3) is 4.16. The number of nitrogens with one attached hydrogen (secondary N) is 1. The van der Waals surface area contributed by atoms with Crippen LogP contribution in [0.25, 0.3) is 0 Å². The van der Waals surface area contributed by atoms with Gasteiger partial charge in [0.25, 0.3) is 0 Å². The van der Waals surface area contributed by atoms with E-state index in [-0.39, 0.29) is 11.9 Å². The van der Waals surface area contributed by atoms with Gasteiger partial charge in [-0.25, -0.2) is 4.79 Å². The number of carboxylic acids is 1. The van der Waals surface area contributed by atoms with Gasteiger partial charge in [0.1, 0.15) is 5.76 Å². The minimum atomic E-state index is -1.07. The quantitative estimate of drug-likeness (QED) is 0.660. The van der Waals surface area contributed by atoms with Gasteiger partial charge in [-0.2, -0.15) is 0 Å². The highest BCUT2D eigenvalue weighted by Gasteiger charge is 2.15. The van der Waals surface area contributed by atoms with Gasteiger partial charge in [-0.3, -0.25) is 0 Å². The zero-order valence-corrected chi connectivity index (χ0v) is 10.8. The lowest BCUT2D eigenvalue weighted by molar-refractivity contribution is 0.0659. The summed E-state index contributed by atoms with van der Waals surface area (Å²) in [6, 6.07) is 3.05. The molecule has 3 N–H and O–H groups in total. The number of rotatable bonds is 8. The first-order valence-electron chi connectivity index (χ1n) is 6.29. The van der Waals surface area contributed by atoms with Gasteiger partial charge in [-0.1, -0.05) is 26.7 Å². The fourth-order valence-corrected chi connectivity index (χ4v) is 1.93. The Morgan fingerprint density at radius 1 is 1.39 bits per heavy atom. The number of carboxylic acid groups (broad SMARTS) is 1. The largest absolute Gasteiger partial charge is 0.475 e. The first kappa shape index (κ1) is 14.7. The summed E-state index contributed by atoms with van der Waals surface area (Å²) in [6.07, 6.45) is 1.51. The molecule has 0 spiro atoms. The van der Waals surface area contributed by atoms with Crippen LogP contribution in [0.2, 0.25) is 0 Å². The van der Waals surface area contributed by atoms with Crippen LogP contribution < -0.4 is 5.32 Å². The summed E-state index contributed by atoms with van der Waals surface area (Å²) in [5.74, 6) is -0.279. The molecule has 0 aliphatic rings. The maximum absolute atomic E-state index is 10.6. The van der Waals surface area contributed by atoms with Crippen molar-refractivity contribution >= 4 is 5.97 Å². The molecular weight excluding hydrogens is 234 g/mol. The maximum Gasteiger partial charge on any atom is 0.371 e. The molecule has 1 unspecified atom stereocenters. The zero-order chi connectivity index (χ0) is 13.5. The molecule has 1 aromatic heterocycles. The van der Waals surface area contributed by atoms with E-state index in [0.717, 1.165) is 12.8 Å². The van der Waals surface area contributed by atoms with E-state index in [4.69, 9.17) is 9.52 Å². The van der Waals surface area contributed by atoms with Crippen LogP contribution in [0.5, 0.6) is 0 Å². The van der Waals surface area contributed by atoms with E-state index in [0.29, 0.717) is 24.8 Å². The van der Waals surface area contributed by atoms with Gasteiger partial charge in [0.2, 0.25) is 5.76 Å². The van der Waals surface area contributed by atoms with Gasteiger partial charge in [0.15, 0.2) is 0 Å². The lowest BCUT2D eigenvalue weighted by Gasteiger charge is -2.20. The van der Waals surface area contributed by atoms with Gasteiger partial charge in [0.05, 0.1) is 12.6 Å². The Morgan fingerprint density at radius 2 is 2.06 bits per heavy atom. The Labute approximate surface area is 107 Å². The van der Waals surface area contributed by atoms with Gasteiger partial charge in [-0.15, -0.1) is 0 Å². The smallest absolute Gasteiger partial charge is 0.371 e. The number of aliphatic hydroxyl groups excluding tert-OH is 1. The molecule has 0 saturated carbocycles. The van der Waals surface area contributed by atoms with E-state index in [1.807, 2.05) is 0 Å². The van der Waals surface area contributed by atoms with Crippen LogP contribution in [0.4, 0.5) is 0 Å². The molecule has 0 aliphatic carbocycles. The number of furan rings is 1. The number of aromatic carboxylic acids is 1. The Morgan fingerprint density at radius 3 is 2.56 bits per heavy atom. The van der Waals surface area contributed by atoms with E-state index in [1.165, 1.54) is 6.07 Å². The van der Waals surface area contributed by atoms with Crippen LogP contribution in [0.1, 0.15) is 43.0 Å². The third-order valence-corrected chi connectivity index (χ3v) is 3.12. The van der Waals surface area contributed by atoms with E-state index >= 15 is 0 Å². The number of hydrogen-bond donors (Lipinski definition) is 3. The molecule has 0 aromatic carbocycles. The summed E-state index contributed by atoms with van der Waals surface area (Å²) in [5, 5.41) is 21.7. The fraction of sp³-hybridized carbons (Fsp3) is 0.615. The van der Waals surface area contributed by atoms with E-state index in [1.54, 1.807) is 6.07 Å². The molecule has 5 heteroatoms. The maximum atomic E-state index is 10.6. The SMILES string of the molecule is CCC(CC)C(O)CNCc1ccc(C(=O)O)o1. The molecule has 102 valence electrons. The molecule has 1 heterocycles. The average Bonchev–Trinajstić information content (AvgIpc) is 2.79. The lowest BCUT2D eigenvalue weighted by atomic mass is 9.96. The van der Waals surface area contributed by atoms with Crippen LogP contribution in [0.15, 0.2) is 16.5 Å². The number of hydrogen-bond acceptors (Lipinski definition) is 4. The predicted octanol–water partition coefficient (Wildman–Crippen LogP) is 1.86. The minimum Gasteiger partial charge on any atom is -0.475 e. The molecule has 18 heavy (non-hydrogen) atoms. The van der Waals surface area contributed by atoms with Crippen molar-refractivity contribution in [2.45, 2.75) is 39.3 Å². The van der Waals surface area contributed by atoms with Crippen molar-refractivity contribution in [2.75, 3.05) is 6.54 Å². The van der Waals surface area contributed by atoms with Crippen molar-refractivity contribution in [1.82, 2.24) is 5.32 Å². The zero-order valence-electron chi connectivity index (χ0n) is 10.8. The predicted molar refractivity (Wildman–Crippen MR) is 67.5 cm³/mol. The summed E-state index contributed by atoms with van der Waals surface area (Å²) < 4.78 is 5.10. The Kier molecular flexibility index (Phi) is 5.88. The van der Waals surface area contributed by atoms with Crippen LogP contribution in [0, 0.1) is 5.92 Å². The van der Waals surface area contributed by atoms with Crippen molar-refractivity contribution < 1.29 is 19.4 Å². The number of carbonyl (C=O) groups is 1. The molecule has 1 aromatic rings. The van der Waals surface area contributed by atoms with Crippen LogP contribution in [-0.4, -0.2) is 28.8 Å². The minimum absolute atomic E-state index is 0.0626.